The van der Waals surface area contributed by atoms with Crippen molar-refractivity contribution in [2.45, 2.75) is 19.9 Å². The molecule has 1 unspecified atom stereocenters. The van der Waals surface area contributed by atoms with Crippen LogP contribution >= 0.6 is 15.9 Å². The lowest BCUT2D eigenvalue weighted by Crippen LogP contribution is -2.26. The highest BCUT2D eigenvalue weighted by Gasteiger charge is 2.14. The van der Waals surface area contributed by atoms with Crippen LogP contribution in [-0.4, -0.2) is 23.4 Å². The molecule has 0 spiro atoms. The van der Waals surface area contributed by atoms with Crippen molar-refractivity contribution in [3.8, 4) is 0 Å². The van der Waals surface area contributed by atoms with E-state index in [4.69, 9.17) is 0 Å². The highest BCUT2D eigenvalue weighted by atomic mass is 79.9. The minimum absolute atomic E-state index is 0.427. The minimum atomic E-state index is 0.427. The van der Waals surface area contributed by atoms with Gasteiger partial charge in [0.2, 0.25) is 0 Å². The van der Waals surface area contributed by atoms with E-state index >= 15 is 0 Å². The zero-order chi connectivity index (χ0) is 9.84. The normalized spacial score (nSPS) is 13.6. The summed E-state index contributed by atoms with van der Waals surface area (Å²) in [5.74, 6) is 0.583. The van der Waals surface area contributed by atoms with Crippen LogP contribution in [0, 0.1) is 5.92 Å². The van der Waals surface area contributed by atoms with Crippen molar-refractivity contribution < 1.29 is 0 Å². The Labute approximate surface area is 87.6 Å². The SMILES string of the molecule is CNCC(C(C)C)n1cc(Br)cn1. The Morgan fingerprint density at radius 1 is 1.62 bits per heavy atom. The maximum atomic E-state index is 4.29. The molecule has 1 N–H and O–H groups in total. The molecule has 0 amide bonds. The summed E-state index contributed by atoms with van der Waals surface area (Å²) in [6.07, 6.45) is 3.84. The Morgan fingerprint density at radius 3 is 2.69 bits per heavy atom. The molecule has 1 rings (SSSR count). The molecule has 0 aliphatic carbocycles. The van der Waals surface area contributed by atoms with Crippen molar-refractivity contribution in [1.82, 2.24) is 15.1 Å². The number of halogens is 1. The average Bonchev–Trinajstić information content (AvgIpc) is 2.46. The quantitative estimate of drug-likeness (QED) is 0.881. The summed E-state index contributed by atoms with van der Waals surface area (Å²) in [7, 11) is 1.97. The molecular formula is C9H16BrN3. The summed E-state index contributed by atoms with van der Waals surface area (Å²) in [5, 5.41) is 7.47. The Bertz CT molecular complexity index is 257. The van der Waals surface area contributed by atoms with Crippen LogP contribution in [0.2, 0.25) is 0 Å². The monoisotopic (exact) mass is 245 g/mol. The van der Waals surface area contributed by atoms with Crippen LogP contribution in [-0.2, 0) is 0 Å². The summed E-state index contributed by atoms with van der Waals surface area (Å²) in [5.41, 5.74) is 0. The fraction of sp³-hybridized carbons (Fsp3) is 0.667. The summed E-state index contributed by atoms with van der Waals surface area (Å²) >= 11 is 3.40. The molecule has 1 heterocycles. The Kier molecular flexibility index (Phi) is 3.93. The molecule has 4 heteroatoms. The highest BCUT2D eigenvalue weighted by Crippen LogP contribution is 2.18. The Morgan fingerprint density at radius 2 is 2.31 bits per heavy atom. The first kappa shape index (κ1) is 10.7. The number of hydrogen-bond donors (Lipinski definition) is 1. The molecule has 74 valence electrons. The lowest BCUT2D eigenvalue weighted by Gasteiger charge is -2.20. The molecule has 0 aliphatic rings. The van der Waals surface area contributed by atoms with Crippen LogP contribution in [0.25, 0.3) is 0 Å². The first-order valence-electron chi connectivity index (χ1n) is 4.49. The molecule has 1 aromatic rings. The highest BCUT2D eigenvalue weighted by molar-refractivity contribution is 9.10. The predicted octanol–water partition coefficient (Wildman–Crippen LogP) is 2.06. The molecule has 0 saturated heterocycles. The van der Waals surface area contributed by atoms with E-state index in [2.05, 4.69) is 40.2 Å². The van der Waals surface area contributed by atoms with E-state index in [9.17, 15) is 0 Å². The summed E-state index contributed by atoms with van der Waals surface area (Å²) in [6, 6.07) is 0.427. The largest absolute Gasteiger partial charge is 0.318 e. The smallest absolute Gasteiger partial charge is 0.0666 e. The van der Waals surface area contributed by atoms with Gasteiger partial charge in [-0.15, -0.1) is 0 Å². The van der Waals surface area contributed by atoms with Crippen LogP contribution in [0.5, 0.6) is 0 Å². The van der Waals surface area contributed by atoms with Gasteiger partial charge in [-0.2, -0.15) is 5.10 Å². The summed E-state index contributed by atoms with van der Waals surface area (Å²) in [6.45, 7) is 5.36. The second kappa shape index (κ2) is 4.77. The van der Waals surface area contributed by atoms with Crippen LogP contribution in [0.1, 0.15) is 19.9 Å². The third-order valence-electron chi connectivity index (χ3n) is 2.09. The second-order valence-corrected chi connectivity index (χ2v) is 4.42. The van der Waals surface area contributed by atoms with E-state index in [0.717, 1.165) is 11.0 Å². The molecule has 0 aliphatic heterocycles. The van der Waals surface area contributed by atoms with Gasteiger partial charge >= 0.3 is 0 Å². The van der Waals surface area contributed by atoms with E-state index in [1.165, 1.54) is 0 Å². The van der Waals surface area contributed by atoms with Crippen molar-refractivity contribution in [2.75, 3.05) is 13.6 Å². The number of likely N-dealkylation sites (N-methyl/N-ethyl adjacent to an activating group) is 1. The molecule has 0 fully saturated rings. The van der Waals surface area contributed by atoms with E-state index in [-0.39, 0.29) is 0 Å². The van der Waals surface area contributed by atoms with Crippen LogP contribution in [0.4, 0.5) is 0 Å². The average molecular weight is 246 g/mol. The molecule has 0 bridgehead atoms. The van der Waals surface area contributed by atoms with E-state index in [1.807, 2.05) is 24.1 Å². The molecule has 13 heavy (non-hydrogen) atoms. The van der Waals surface area contributed by atoms with Gasteiger partial charge in [0.1, 0.15) is 0 Å². The number of aromatic nitrogens is 2. The second-order valence-electron chi connectivity index (χ2n) is 3.51. The van der Waals surface area contributed by atoms with Gasteiger partial charge in [0.25, 0.3) is 0 Å². The molecular weight excluding hydrogens is 230 g/mol. The molecule has 3 nitrogen and oxygen atoms in total. The van der Waals surface area contributed by atoms with Gasteiger partial charge in [0.05, 0.1) is 16.7 Å². The Balaban J connectivity index is 2.75. The van der Waals surface area contributed by atoms with Crippen molar-refractivity contribution in [3.63, 3.8) is 0 Å². The first-order valence-corrected chi connectivity index (χ1v) is 5.28. The van der Waals surface area contributed by atoms with Gasteiger partial charge in [0, 0.05) is 12.7 Å². The van der Waals surface area contributed by atoms with Crippen molar-refractivity contribution in [2.24, 2.45) is 5.92 Å². The third kappa shape index (κ3) is 2.81. The minimum Gasteiger partial charge on any atom is -0.318 e. The Hall–Kier alpha value is -0.350. The molecule has 0 radical (unpaired) electrons. The number of rotatable bonds is 4. The van der Waals surface area contributed by atoms with Crippen LogP contribution < -0.4 is 5.32 Å². The van der Waals surface area contributed by atoms with Gasteiger partial charge in [-0.05, 0) is 28.9 Å². The zero-order valence-corrected chi connectivity index (χ0v) is 9.87. The number of hydrogen-bond acceptors (Lipinski definition) is 2. The maximum Gasteiger partial charge on any atom is 0.0666 e. The third-order valence-corrected chi connectivity index (χ3v) is 2.50. The predicted molar refractivity (Wildman–Crippen MR) is 57.7 cm³/mol. The fourth-order valence-electron chi connectivity index (χ4n) is 1.34. The van der Waals surface area contributed by atoms with Gasteiger partial charge in [-0.25, -0.2) is 0 Å². The topological polar surface area (TPSA) is 29.9 Å². The number of nitrogens with one attached hydrogen (secondary N) is 1. The fourth-order valence-corrected chi connectivity index (χ4v) is 1.64. The molecule has 1 aromatic heterocycles. The van der Waals surface area contributed by atoms with E-state index in [0.29, 0.717) is 12.0 Å². The maximum absolute atomic E-state index is 4.29. The van der Waals surface area contributed by atoms with Crippen LogP contribution in [0.3, 0.4) is 0 Å². The first-order chi connectivity index (χ1) is 6.15. The van der Waals surface area contributed by atoms with E-state index < -0.39 is 0 Å². The lowest BCUT2D eigenvalue weighted by atomic mass is 10.1. The van der Waals surface area contributed by atoms with Gasteiger partial charge in [-0.3, -0.25) is 4.68 Å². The zero-order valence-electron chi connectivity index (χ0n) is 8.29. The lowest BCUT2D eigenvalue weighted by molar-refractivity contribution is 0.337. The van der Waals surface area contributed by atoms with Crippen molar-refractivity contribution in [1.29, 1.82) is 0 Å². The van der Waals surface area contributed by atoms with E-state index in [1.54, 1.807) is 0 Å². The molecule has 0 aromatic carbocycles. The van der Waals surface area contributed by atoms with Gasteiger partial charge in [-0.1, -0.05) is 13.8 Å². The van der Waals surface area contributed by atoms with Crippen molar-refractivity contribution >= 4 is 15.9 Å². The summed E-state index contributed by atoms with van der Waals surface area (Å²) in [4.78, 5) is 0. The summed E-state index contributed by atoms with van der Waals surface area (Å²) < 4.78 is 3.04. The number of nitrogens with zero attached hydrogens (tertiary/aromatic N) is 2. The molecule has 1 atom stereocenters. The van der Waals surface area contributed by atoms with Gasteiger partial charge < -0.3 is 5.32 Å². The molecule has 0 saturated carbocycles. The van der Waals surface area contributed by atoms with Crippen LogP contribution in [0.15, 0.2) is 16.9 Å². The van der Waals surface area contributed by atoms with Crippen molar-refractivity contribution in [3.05, 3.63) is 16.9 Å². The van der Waals surface area contributed by atoms with Gasteiger partial charge in [0.15, 0.2) is 0 Å². The standard InChI is InChI=1S/C9H16BrN3/c1-7(2)9(5-11-3)13-6-8(10)4-12-13/h4,6-7,9,11H,5H2,1-3H3.